The fourth-order valence-corrected chi connectivity index (χ4v) is 7.60. The third kappa shape index (κ3) is 6.25. The van der Waals surface area contributed by atoms with Crippen molar-refractivity contribution in [3.05, 3.63) is 87.1 Å². The first-order valence-corrected chi connectivity index (χ1v) is 16.1. The second kappa shape index (κ2) is 12.4. The Hall–Kier alpha value is -4.96. The van der Waals surface area contributed by atoms with Gasteiger partial charge in [0.2, 0.25) is 10.0 Å². The van der Waals surface area contributed by atoms with Crippen LogP contribution >= 0.6 is 0 Å². The molecule has 0 radical (unpaired) electrons. The third-order valence-corrected chi connectivity index (χ3v) is 10.1. The highest BCUT2D eigenvalue weighted by Crippen LogP contribution is 2.35. The number of nitrogens with one attached hydrogen (secondary N) is 2. The van der Waals surface area contributed by atoms with E-state index in [4.69, 9.17) is 4.74 Å². The number of carbonyl (C=O) groups excluding carboxylic acids is 1. The molecule has 1 fully saturated rings. The molecule has 1 saturated carbocycles. The van der Waals surface area contributed by atoms with Gasteiger partial charge >= 0.3 is 0 Å². The summed E-state index contributed by atoms with van der Waals surface area (Å²) >= 11 is 0. The van der Waals surface area contributed by atoms with Crippen LogP contribution in [0.2, 0.25) is 0 Å². The van der Waals surface area contributed by atoms with Crippen LogP contribution in [0.4, 0.5) is 21.7 Å². The van der Waals surface area contributed by atoms with Gasteiger partial charge in [-0.1, -0.05) is 12.1 Å². The molecule has 0 bridgehead atoms. The van der Waals surface area contributed by atoms with E-state index in [1.807, 2.05) is 11.9 Å². The van der Waals surface area contributed by atoms with Gasteiger partial charge in [0, 0.05) is 31.7 Å². The topological polar surface area (TPSA) is 179 Å². The van der Waals surface area contributed by atoms with Crippen molar-refractivity contribution in [3.63, 3.8) is 0 Å². The summed E-state index contributed by atoms with van der Waals surface area (Å²) in [4.78, 5) is 45.8. The summed E-state index contributed by atoms with van der Waals surface area (Å²) in [5.41, 5.74) is -0.570. The number of para-hydroxylation sites is 1. The second-order valence-electron chi connectivity index (χ2n) is 11.3. The smallest absolute Gasteiger partial charge is 0.289 e. The number of hydrogen-bond acceptors (Lipinski definition) is 10. The van der Waals surface area contributed by atoms with E-state index in [0.717, 1.165) is 18.3 Å². The number of carbonyl (C=O) groups is 1. The second-order valence-corrected chi connectivity index (χ2v) is 13.0. The monoisotopic (exact) mass is 651 g/mol. The number of nitro groups is 1. The minimum absolute atomic E-state index is 0.0213. The van der Waals surface area contributed by atoms with Gasteiger partial charge < -0.3 is 19.5 Å². The van der Waals surface area contributed by atoms with E-state index in [1.54, 1.807) is 12.1 Å². The van der Waals surface area contributed by atoms with Crippen LogP contribution in [-0.4, -0.2) is 59.5 Å². The first kappa shape index (κ1) is 31.0. The molecule has 2 aromatic heterocycles. The van der Waals surface area contributed by atoms with Gasteiger partial charge in [-0.3, -0.25) is 19.7 Å². The number of rotatable bonds is 9. The Morgan fingerprint density at radius 3 is 2.67 bits per heavy atom. The maximum absolute atomic E-state index is 14.3. The highest BCUT2D eigenvalue weighted by molar-refractivity contribution is 7.89. The molecule has 2 aromatic carbocycles. The lowest BCUT2D eigenvalue weighted by Crippen LogP contribution is -2.47. The lowest BCUT2D eigenvalue weighted by atomic mass is 9.81. The van der Waals surface area contributed by atoms with E-state index in [2.05, 4.69) is 20.0 Å². The Bertz CT molecular complexity index is 2000. The zero-order chi connectivity index (χ0) is 32.6. The summed E-state index contributed by atoms with van der Waals surface area (Å²) in [6.07, 6.45) is 3.44. The summed E-state index contributed by atoms with van der Waals surface area (Å²) in [6, 6.07) is 11.5. The minimum Gasteiger partial charge on any atom is -0.480 e. The van der Waals surface area contributed by atoms with Crippen molar-refractivity contribution in [3.8, 4) is 5.75 Å². The molecule has 1 aliphatic carbocycles. The third-order valence-electron chi connectivity index (χ3n) is 8.53. The first-order valence-electron chi connectivity index (χ1n) is 14.6. The SMILES string of the molecule is CN(c1ccc2c(n1)NC(=O)CO2)[C@H]1CC[C@H](C(Cn2c(=O)cnc3ccc(F)cc32)NS(=O)(=O)c2ccccc2[N+](=O)[O-])CC1. The van der Waals surface area contributed by atoms with Crippen molar-refractivity contribution < 1.29 is 27.3 Å². The van der Waals surface area contributed by atoms with Crippen molar-refractivity contribution in [2.45, 2.75) is 49.2 Å². The summed E-state index contributed by atoms with van der Waals surface area (Å²) in [6.45, 7) is -0.231. The molecule has 0 saturated heterocycles. The quantitative estimate of drug-likeness (QED) is 0.202. The number of nitrogens with zero attached hydrogens (tertiary/aromatic N) is 5. The van der Waals surface area contributed by atoms with Gasteiger partial charge in [0.1, 0.15) is 11.6 Å². The maximum Gasteiger partial charge on any atom is 0.289 e. The van der Waals surface area contributed by atoms with Gasteiger partial charge in [-0.25, -0.2) is 27.5 Å². The molecule has 240 valence electrons. The van der Waals surface area contributed by atoms with E-state index in [9.17, 15) is 32.5 Å². The number of hydrogen-bond donors (Lipinski definition) is 2. The molecule has 14 nitrogen and oxygen atoms in total. The highest BCUT2D eigenvalue weighted by Gasteiger charge is 2.35. The summed E-state index contributed by atoms with van der Waals surface area (Å²) in [5.74, 6) is 0.279. The number of halogens is 1. The molecular weight excluding hydrogens is 621 g/mol. The standard InChI is InChI=1S/C30H30FN7O7S/c1-36(27-13-12-25-30(33-27)34-28(39)17-45-25)20-9-6-18(7-10-20)22(35-46(43,44)26-5-3-2-4-23(26)38(41)42)16-37-24-14-19(31)8-11-21(24)32-15-29(37)40/h2-5,8,11-15,18,20,22,35H,6-7,9-10,16-17H2,1H3,(H,33,34,39)/t18-,20-,22?. The molecule has 1 amide bonds. The number of nitro benzene ring substituents is 1. The fourth-order valence-electron chi connectivity index (χ4n) is 6.13. The van der Waals surface area contributed by atoms with Crippen LogP contribution in [-0.2, 0) is 21.4 Å². The molecule has 2 N–H and O–H groups in total. The van der Waals surface area contributed by atoms with E-state index in [0.29, 0.717) is 48.6 Å². The van der Waals surface area contributed by atoms with Gasteiger partial charge in [-0.05, 0) is 68.0 Å². The van der Waals surface area contributed by atoms with Crippen LogP contribution in [0.5, 0.6) is 5.75 Å². The van der Waals surface area contributed by atoms with Gasteiger partial charge in [0.25, 0.3) is 17.2 Å². The summed E-state index contributed by atoms with van der Waals surface area (Å²) in [7, 11) is -2.54. The Labute approximate surface area is 262 Å². The van der Waals surface area contributed by atoms with Crippen LogP contribution < -0.4 is 25.2 Å². The number of ether oxygens (including phenoxy) is 1. The molecule has 1 aliphatic heterocycles. The zero-order valence-corrected chi connectivity index (χ0v) is 25.4. The lowest BCUT2D eigenvalue weighted by molar-refractivity contribution is -0.387. The zero-order valence-electron chi connectivity index (χ0n) is 24.6. The van der Waals surface area contributed by atoms with E-state index in [-0.39, 0.29) is 36.5 Å². The first-order chi connectivity index (χ1) is 22.0. The number of pyridine rings is 1. The Balaban J connectivity index is 1.28. The van der Waals surface area contributed by atoms with Crippen molar-refractivity contribution in [2.75, 3.05) is 23.9 Å². The molecule has 46 heavy (non-hydrogen) atoms. The van der Waals surface area contributed by atoms with Crippen molar-refractivity contribution in [2.24, 2.45) is 5.92 Å². The van der Waals surface area contributed by atoms with E-state index in [1.165, 1.54) is 34.9 Å². The molecule has 1 unspecified atom stereocenters. The average Bonchev–Trinajstić information content (AvgIpc) is 3.05. The largest absolute Gasteiger partial charge is 0.480 e. The minimum atomic E-state index is -4.43. The van der Waals surface area contributed by atoms with Crippen molar-refractivity contribution in [1.29, 1.82) is 0 Å². The normalized spacial score (nSPS) is 18.7. The number of aromatic nitrogens is 3. The Morgan fingerprint density at radius 2 is 1.91 bits per heavy atom. The number of fused-ring (bicyclic) bond motifs is 2. The Kier molecular flexibility index (Phi) is 8.39. The summed E-state index contributed by atoms with van der Waals surface area (Å²) in [5, 5.41) is 14.4. The van der Waals surface area contributed by atoms with Gasteiger partial charge in [0.15, 0.2) is 23.1 Å². The number of sulfonamides is 1. The molecular formula is C30H30FN7O7S. The predicted octanol–water partition coefficient (Wildman–Crippen LogP) is 3.21. The number of benzene rings is 2. The number of anilines is 2. The van der Waals surface area contributed by atoms with Crippen molar-refractivity contribution >= 4 is 44.3 Å². The van der Waals surface area contributed by atoms with Crippen LogP contribution in [0, 0.1) is 21.8 Å². The van der Waals surface area contributed by atoms with Crippen LogP contribution in [0.3, 0.4) is 0 Å². The summed E-state index contributed by atoms with van der Waals surface area (Å²) < 4.78 is 51.0. The maximum atomic E-state index is 14.3. The van der Waals surface area contributed by atoms with Crippen LogP contribution in [0.15, 0.2) is 70.5 Å². The number of amides is 1. The molecule has 4 aromatic rings. The molecule has 6 rings (SSSR count). The lowest BCUT2D eigenvalue weighted by Gasteiger charge is -2.38. The fraction of sp³-hybridized carbons (Fsp3) is 0.333. The molecule has 1 atom stereocenters. The van der Waals surface area contributed by atoms with Crippen LogP contribution in [0.25, 0.3) is 11.0 Å². The van der Waals surface area contributed by atoms with Gasteiger partial charge in [0.05, 0.1) is 22.2 Å². The average molecular weight is 652 g/mol. The van der Waals surface area contributed by atoms with Crippen molar-refractivity contribution in [1.82, 2.24) is 19.3 Å². The molecule has 16 heteroatoms. The van der Waals surface area contributed by atoms with Gasteiger partial charge in [-0.15, -0.1) is 0 Å². The Morgan fingerprint density at radius 1 is 1.15 bits per heavy atom. The molecule has 0 spiro atoms. The van der Waals surface area contributed by atoms with E-state index < -0.39 is 42.9 Å². The highest BCUT2D eigenvalue weighted by atomic mass is 32.2. The van der Waals surface area contributed by atoms with Crippen LogP contribution in [0.1, 0.15) is 25.7 Å². The molecule has 2 aliphatic rings. The van der Waals surface area contributed by atoms with Gasteiger partial charge in [-0.2, -0.15) is 0 Å². The predicted molar refractivity (Wildman–Crippen MR) is 166 cm³/mol. The van der Waals surface area contributed by atoms with E-state index >= 15 is 0 Å². The molecule has 3 heterocycles.